The summed E-state index contributed by atoms with van der Waals surface area (Å²) in [7, 11) is 3.90. The number of carbonyl (C=O) groups is 1. The molecule has 0 N–H and O–H groups in total. The van der Waals surface area contributed by atoms with Crippen molar-refractivity contribution in [3.05, 3.63) is 48.3 Å². The Labute approximate surface area is 106 Å². The molecule has 3 heteroatoms. The van der Waals surface area contributed by atoms with Gasteiger partial charge in [-0.25, -0.2) is 4.79 Å². The van der Waals surface area contributed by atoms with Crippen molar-refractivity contribution in [3.63, 3.8) is 0 Å². The Hall–Kier alpha value is -1.14. The van der Waals surface area contributed by atoms with Crippen LogP contribution in [0.1, 0.15) is 20.3 Å². The molecular formula is C14H21O2P. The molecule has 0 bridgehead atoms. The molecule has 1 atom stereocenters. The zero-order chi connectivity index (χ0) is 13.3. The van der Waals surface area contributed by atoms with Gasteiger partial charge in [-0.2, -0.15) is 0 Å². The van der Waals surface area contributed by atoms with Gasteiger partial charge in [-0.15, -0.1) is 15.8 Å². The third kappa shape index (κ3) is 7.70. The fourth-order valence-electron chi connectivity index (χ4n) is 1.16. The predicted molar refractivity (Wildman–Crippen MR) is 76.7 cm³/mol. The number of esters is 1. The smallest absolute Gasteiger partial charge is 0.330 e. The van der Waals surface area contributed by atoms with Crippen LogP contribution in [-0.2, 0) is 9.53 Å². The largest absolute Gasteiger partial charge is 0.466 e. The zero-order valence-electron chi connectivity index (χ0n) is 10.8. The van der Waals surface area contributed by atoms with Crippen molar-refractivity contribution in [2.75, 3.05) is 7.11 Å². The van der Waals surface area contributed by atoms with E-state index in [1.54, 1.807) is 6.08 Å². The topological polar surface area (TPSA) is 26.3 Å². The first-order valence-corrected chi connectivity index (χ1v) is 6.10. The second kappa shape index (κ2) is 8.03. The highest BCUT2D eigenvalue weighted by Crippen LogP contribution is 2.22. The molecule has 0 saturated carbocycles. The quantitative estimate of drug-likeness (QED) is 0.237. The minimum atomic E-state index is -0.345. The number of rotatable bonds is 6. The summed E-state index contributed by atoms with van der Waals surface area (Å²) in [6.07, 6.45) is 9.96. The second-order valence-electron chi connectivity index (χ2n) is 4.23. The van der Waals surface area contributed by atoms with E-state index in [9.17, 15) is 4.79 Å². The van der Waals surface area contributed by atoms with E-state index in [2.05, 4.69) is 40.5 Å². The van der Waals surface area contributed by atoms with Gasteiger partial charge in [-0.05, 0) is 12.0 Å². The van der Waals surface area contributed by atoms with Crippen LogP contribution in [0.3, 0.4) is 0 Å². The molecule has 0 aliphatic carbocycles. The first-order chi connectivity index (χ1) is 7.95. The van der Waals surface area contributed by atoms with E-state index in [0.29, 0.717) is 0 Å². The Kier molecular flexibility index (Phi) is 7.49. The standard InChI is InChI=1S/C14H21O2P/c1-5-14(2,3)11-12(7-6-10-17)8-9-13(15)16-4/h5-6,8-11H,1,7,17H2,2-4H3/b9-8+,10-6-,12-11-. The van der Waals surface area contributed by atoms with E-state index in [0.717, 1.165) is 12.0 Å². The van der Waals surface area contributed by atoms with Crippen molar-refractivity contribution in [2.45, 2.75) is 20.3 Å². The molecule has 0 heterocycles. The summed E-state index contributed by atoms with van der Waals surface area (Å²) in [4.78, 5) is 11.0. The van der Waals surface area contributed by atoms with Gasteiger partial charge >= 0.3 is 5.97 Å². The molecule has 0 amide bonds. The maximum atomic E-state index is 11.0. The van der Waals surface area contributed by atoms with E-state index in [1.807, 2.05) is 18.0 Å². The lowest BCUT2D eigenvalue weighted by atomic mass is 9.90. The second-order valence-corrected chi connectivity index (χ2v) is 4.62. The Morgan fingerprint density at radius 1 is 1.41 bits per heavy atom. The molecular weight excluding hydrogens is 231 g/mol. The lowest BCUT2D eigenvalue weighted by molar-refractivity contribution is -0.134. The Morgan fingerprint density at radius 2 is 2.06 bits per heavy atom. The SMILES string of the molecule is C=CC(C)(C)/C=C(\C=C\C(=O)OC)C/C=C\P. The number of methoxy groups -OCH3 is 1. The molecule has 17 heavy (non-hydrogen) atoms. The fourth-order valence-corrected chi connectivity index (χ4v) is 1.30. The molecule has 1 unspecified atom stereocenters. The summed E-state index contributed by atoms with van der Waals surface area (Å²) in [6.45, 7) is 7.93. The molecule has 2 nitrogen and oxygen atoms in total. The monoisotopic (exact) mass is 252 g/mol. The van der Waals surface area contributed by atoms with Crippen LogP contribution >= 0.6 is 9.24 Å². The van der Waals surface area contributed by atoms with Crippen molar-refractivity contribution in [3.8, 4) is 0 Å². The molecule has 0 fully saturated rings. The summed E-state index contributed by atoms with van der Waals surface area (Å²) < 4.78 is 4.57. The van der Waals surface area contributed by atoms with Crippen LogP contribution in [0.15, 0.2) is 48.3 Å². The van der Waals surface area contributed by atoms with Crippen LogP contribution in [0.5, 0.6) is 0 Å². The van der Waals surface area contributed by atoms with E-state index in [-0.39, 0.29) is 11.4 Å². The molecule has 0 aliphatic heterocycles. The lowest BCUT2D eigenvalue weighted by Crippen LogP contribution is -2.03. The Balaban J connectivity index is 4.94. The van der Waals surface area contributed by atoms with Crippen LogP contribution in [-0.4, -0.2) is 13.1 Å². The van der Waals surface area contributed by atoms with E-state index in [1.165, 1.54) is 13.2 Å². The number of hydrogen-bond donors (Lipinski definition) is 0. The number of allylic oxidation sites excluding steroid dienone is 5. The third-order valence-corrected chi connectivity index (χ3v) is 2.48. The minimum Gasteiger partial charge on any atom is -0.466 e. The average Bonchev–Trinajstić information content (AvgIpc) is 2.31. The van der Waals surface area contributed by atoms with Gasteiger partial charge < -0.3 is 4.74 Å². The van der Waals surface area contributed by atoms with E-state index < -0.39 is 0 Å². The van der Waals surface area contributed by atoms with Gasteiger partial charge in [-0.1, -0.05) is 44.0 Å². The average molecular weight is 252 g/mol. The molecule has 0 aromatic heterocycles. The molecule has 0 saturated heterocycles. The van der Waals surface area contributed by atoms with Crippen molar-refractivity contribution in [2.24, 2.45) is 5.41 Å². The van der Waals surface area contributed by atoms with E-state index in [4.69, 9.17) is 0 Å². The first kappa shape index (κ1) is 15.9. The highest BCUT2D eigenvalue weighted by Gasteiger charge is 2.09. The van der Waals surface area contributed by atoms with Crippen molar-refractivity contribution in [1.29, 1.82) is 0 Å². The lowest BCUT2D eigenvalue weighted by Gasteiger charge is -2.15. The predicted octanol–water partition coefficient (Wildman–Crippen LogP) is 3.63. The van der Waals surface area contributed by atoms with Gasteiger partial charge in [0.05, 0.1) is 7.11 Å². The zero-order valence-corrected chi connectivity index (χ0v) is 11.9. The summed E-state index contributed by atoms with van der Waals surface area (Å²) in [5, 5.41) is 0. The highest BCUT2D eigenvalue weighted by molar-refractivity contribution is 7.20. The van der Waals surface area contributed by atoms with Gasteiger partial charge in [0, 0.05) is 11.5 Å². The molecule has 0 rings (SSSR count). The third-order valence-electron chi connectivity index (χ3n) is 2.21. The molecule has 94 valence electrons. The summed E-state index contributed by atoms with van der Waals surface area (Å²) in [6, 6.07) is 0. The van der Waals surface area contributed by atoms with Crippen LogP contribution in [0.25, 0.3) is 0 Å². The normalized spacial score (nSPS) is 13.3. The highest BCUT2D eigenvalue weighted by atomic mass is 31.0. The van der Waals surface area contributed by atoms with Gasteiger partial charge in [0.25, 0.3) is 0 Å². The van der Waals surface area contributed by atoms with E-state index >= 15 is 0 Å². The van der Waals surface area contributed by atoms with Crippen LogP contribution in [0.2, 0.25) is 0 Å². The van der Waals surface area contributed by atoms with Crippen LogP contribution < -0.4 is 0 Å². The van der Waals surface area contributed by atoms with Crippen molar-refractivity contribution >= 4 is 15.2 Å². The molecule has 0 aromatic carbocycles. The van der Waals surface area contributed by atoms with Gasteiger partial charge in [0.15, 0.2) is 0 Å². The minimum absolute atomic E-state index is 0.0927. The Morgan fingerprint density at radius 3 is 2.53 bits per heavy atom. The first-order valence-electron chi connectivity index (χ1n) is 5.43. The van der Waals surface area contributed by atoms with Gasteiger partial charge in [0.2, 0.25) is 0 Å². The maximum absolute atomic E-state index is 11.0. The number of carbonyl (C=O) groups excluding carboxylic acids is 1. The number of hydrogen-bond acceptors (Lipinski definition) is 2. The van der Waals surface area contributed by atoms with Crippen molar-refractivity contribution in [1.82, 2.24) is 0 Å². The summed E-state index contributed by atoms with van der Waals surface area (Å²) >= 11 is 0. The fraction of sp³-hybridized carbons (Fsp3) is 0.357. The molecule has 0 aromatic rings. The number of ether oxygens (including phenoxy) is 1. The summed E-state index contributed by atoms with van der Waals surface area (Å²) in [5.41, 5.74) is 0.962. The Bertz CT molecular complexity index is 349. The summed E-state index contributed by atoms with van der Waals surface area (Å²) in [5.74, 6) is 1.56. The van der Waals surface area contributed by atoms with Crippen LogP contribution in [0.4, 0.5) is 0 Å². The maximum Gasteiger partial charge on any atom is 0.330 e. The molecule has 0 aliphatic rings. The van der Waals surface area contributed by atoms with Gasteiger partial charge in [0.1, 0.15) is 0 Å². The van der Waals surface area contributed by atoms with Crippen molar-refractivity contribution < 1.29 is 9.53 Å². The molecule has 0 spiro atoms. The van der Waals surface area contributed by atoms with Crippen LogP contribution in [0, 0.1) is 5.41 Å². The molecule has 0 radical (unpaired) electrons. The van der Waals surface area contributed by atoms with Gasteiger partial charge in [-0.3, -0.25) is 0 Å².